The molecular weight excluding hydrogens is 266 g/mol. The van der Waals surface area contributed by atoms with Crippen molar-refractivity contribution in [2.45, 2.75) is 45.6 Å². The number of likely N-dealkylation sites (tertiary alicyclic amines) is 1. The Morgan fingerprint density at radius 2 is 1.81 bits per heavy atom. The monoisotopic (exact) mass is 289 g/mol. The predicted octanol–water partition coefficient (Wildman–Crippen LogP) is 3.43. The molecule has 1 amide bonds. The Balaban J connectivity index is 2.14. The predicted molar refractivity (Wildman–Crippen MR) is 81.5 cm³/mol. The standard InChI is InChI=1S/C17H23NO3/c1-12(2)11-15-5-3-4-10-18(15)16(19)13-6-8-14(9-7-13)17(20)21/h6-9,12,15H,3-5,10-11H2,1-2H3,(H,20,21). The van der Waals surface area contributed by atoms with E-state index in [2.05, 4.69) is 13.8 Å². The molecular formula is C17H23NO3. The first-order valence-electron chi connectivity index (χ1n) is 7.63. The van der Waals surface area contributed by atoms with E-state index in [9.17, 15) is 9.59 Å². The van der Waals surface area contributed by atoms with Gasteiger partial charge >= 0.3 is 5.97 Å². The topological polar surface area (TPSA) is 57.6 Å². The van der Waals surface area contributed by atoms with E-state index in [4.69, 9.17) is 5.11 Å². The molecule has 4 heteroatoms. The molecule has 1 unspecified atom stereocenters. The van der Waals surface area contributed by atoms with Gasteiger partial charge in [0.25, 0.3) is 5.91 Å². The zero-order valence-electron chi connectivity index (χ0n) is 12.7. The van der Waals surface area contributed by atoms with Crippen molar-refractivity contribution in [1.29, 1.82) is 0 Å². The van der Waals surface area contributed by atoms with Gasteiger partial charge in [0.15, 0.2) is 0 Å². The molecule has 1 fully saturated rings. The van der Waals surface area contributed by atoms with E-state index < -0.39 is 5.97 Å². The van der Waals surface area contributed by atoms with E-state index in [1.165, 1.54) is 18.6 Å². The number of carbonyl (C=O) groups is 2. The number of rotatable bonds is 4. The van der Waals surface area contributed by atoms with Crippen LogP contribution in [0.1, 0.15) is 60.2 Å². The van der Waals surface area contributed by atoms with Gasteiger partial charge in [-0.3, -0.25) is 4.79 Å². The highest BCUT2D eigenvalue weighted by Crippen LogP contribution is 2.24. The maximum Gasteiger partial charge on any atom is 0.335 e. The third-order valence-corrected chi connectivity index (χ3v) is 4.01. The lowest BCUT2D eigenvalue weighted by Gasteiger charge is -2.37. The molecule has 1 aromatic carbocycles. The van der Waals surface area contributed by atoms with Crippen molar-refractivity contribution < 1.29 is 14.7 Å². The van der Waals surface area contributed by atoms with E-state index in [1.54, 1.807) is 12.1 Å². The molecule has 21 heavy (non-hydrogen) atoms. The van der Waals surface area contributed by atoms with Crippen molar-refractivity contribution in [2.24, 2.45) is 5.92 Å². The van der Waals surface area contributed by atoms with E-state index in [1.807, 2.05) is 4.90 Å². The van der Waals surface area contributed by atoms with E-state index in [-0.39, 0.29) is 11.5 Å². The van der Waals surface area contributed by atoms with Gasteiger partial charge in [0, 0.05) is 18.2 Å². The van der Waals surface area contributed by atoms with Crippen LogP contribution in [0.5, 0.6) is 0 Å². The maximum atomic E-state index is 12.7. The molecule has 0 radical (unpaired) electrons. The Morgan fingerprint density at radius 3 is 2.38 bits per heavy atom. The van der Waals surface area contributed by atoms with Crippen LogP contribution >= 0.6 is 0 Å². The number of benzene rings is 1. The number of carboxylic acids is 1. The normalized spacial score (nSPS) is 18.8. The molecule has 0 aliphatic carbocycles. The van der Waals surface area contributed by atoms with Crippen LogP contribution in [-0.4, -0.2) is 34.5 Å². The first kappa shape index (κ1) is 15.5. The number of hydrogen-bond acceptors (Lipinski definition) is 2. The molecule has 0 saturated carbocycles. The third kappa shape index (κ3) is 3.84. The Bertz CT molecular complexity index is 507. The molecule has 4 nitrogen and oxygen atoms in total. The Labute approximate surface area is 125 Å². The molecule has 0 spiro atoms. The average Bonchev–Trinajstić information content (AvgIpc) is 2.46. The van der Waals surface area contributed by atoms with Crippen molar-refractivity contribution in [1.82, 2.24) is 4.90 Å². The van der Waals surface area contributed by atoms with E-state index in [0.29, 0.717) is 17.5 Å². The van der Waals surface area contributed by atoms with Gasteiger partial charge in [0.2, 0.25) is 0 Å². The maximum absolute atomic E-state index is 12.7. The summed E-state index contributed by atoms with van der Waals surface area (Å²) in [5.74, 6) is -0.375. The van der Waals surface area contributed by atoms with Gasteiger partial charge in [-0.25, -0.2) is 4.79 Å². The fourth-order valence-electron chi connectivity index (χ4n) is 2.98. The van der Waals surface area contributed by atoms with Gasteiger partial charge in [0.1, 0.15) is 0 Å². The Hall–Kier alpha value is -1.84. The van der Waals surface area contributed by atoms with Gasteiger partial charge in [-0.1, -0.05) is 13.8 Å². The van der Waals surface area contributed by atoms with Gasteiger partial charge < -0.3 is 10.0 Å². The molecule has 0 aromatic heterocycles. The van der Waals surface area contributed by atoms with Gasteiger partial charge in [-0.2, -0.15) is 0 Å². The molecule has 1 atom stereocenters. The smallest absolute Gasteiger partial charge is 0.335 e. The lowest BCUT2D eigenvalue weighted by Crippen LogP contribution is -2.44. The minimum atomic E-state index is -0.968. The van der Waals surface area contributed by atoms with E-state index in [0.717, 1.165) is 25.8 Å². The highest BCUT2D eigenvalue weighted by atomic mass is 16.4. The number of aromatic carboxylic acids is 1. The molecule has 1 N–H and O–H groups in total. The largest absolute Gasteiger partial charge is 0.478 e. The second-order valence-electron chi connectivity index (χ2n) is 6.16. The van der Waals surface area contributed by atoms with Crippen LogP contribution in [0.2, 0.25) is 0 Å². The first-order chi connectivity index (χ1) is 9.99. The Morgan fingerprint density at radius 1 is 1.19 bits per heavy atom. The molecule has 1 aromatic rings. The number of nitrogens with zero attached hydrogens (tertiary/aromatic N) is 1. The van der Waals surface area contributed by atoms with Crippen molar-refractivity contribution in [3.63, 3.8) is 0 Å². The lowest BCUT2D eigenvalue weighted by atomic mass is 9.93. The molecule has 1 aliphatic rings. The second-order valence-corrected chi connectivity index (χ2v) is 6.16. The summed E-state index contributed by atoms with van der Waals surface area (Å²) in [6.45, 7) is 5.16. The summed E-state index contributed by atoms with van der Waals surface area (Å²) < 4.78 is 0. The SMILES string of the molecule is CC(C)CC1CCCCN1C(=O)c1ccc(C(=O)O)cc1. The first-order valence-corrected chi connectivity index (χ1v) is 7.63. The van der Waals surface area contributed by atoms with Crippen molar-refractivity contribution in [3.05, 3.63) is 35.4 Å². The van der Waals surface area contributed by atoms with Gasteiger partial charge in [-0.05, 0) is 55.9 Å². The summed E-state index contributed by atoms with van der Waals surface area (Å²) in [4.78, 5) is 25.5. The summed E-state index contributed by atoms with van der Waals surface area (Å²) in [5, 5.41) is 8.91. The summed E-state index contributed by atoms with van der Waals surface area (Å²) in [7, 11) is 0. The number of hydrogen-bond donors (Lipinski definition) is 1. The summed E-state index contributed by atoms with van der Waals surface area (Å²) >= 11 is 0. The Kier molecular flexibility index (Phi) is 4.99. The second kappa shape index (κ2) is 6.74. The van der Waals surface area contributed by atoms with Crippen LogP contribution in [0, 0.1) is 5.92 Å². The molecule has 1 heterocycles. The van der Waals surface area contributed by atoms with Crippen molar-refractivity contribution in [2.75, 3.05) is 6.54 Å². The molecule has 114 valence electrons. The third-order valence-electron chi connectivity index (χ3n) is 4.01. The van der Waals surface area contributed by atoms with E-state index >= 15 is 0 Å². The van der Waals surface area contributed by atoms with Crippen LogP contribution < -0.4 is 0 Å². The molecule has 1 saturated heterocycles. The minimum Gasteiger partial charge on any atom is -0.478 e. The zero-order valence-corrected chi connectivity index (χ0v) is 12.7. The highest BCUT2D eigenvalue weighted by Gasteiger charge is 2.27. The molecule has 0 bridgehead atoms. The van der Waals surface area contributed by atoms with Crippen LogP contribution in [0.25, 0.3) is 0 Å². The average molecular weight is 289 g/mol. The van der Waals surface area contributed by atoms with Crippen LogP contribution in [-0.2, 0) is 0 Å². The molecule has 2 rings (SSSR count). The fourth-order valence-corrected chi connectivity index (χ4v) is 2.98. The van der Waals surface area contributed by atoms with Crippen LogP contribution in [0.4, 0.5) is 0 Å². The van der Waals surface area contributed by atoms with Gasteiger partial charge in [0.05, 0.1) is 5.56 Å². The quantitative estimate of drug-likeness (QED) is 0.924. The molecule has 1 aliphatic heterocycles. The number of piperidine rings is 1. The zero-order chi connectivity index (χ0) is 15.4. The lowest BCUT2D eigenvalue weighted by molar-refractivity contribution is 0.0582. The van der Waals surface area contributed by atoms with Crippen molar-refractivity contribution in [3.8, 4) is 0 Å². The number of carbonyl (C=O) groups excluding carboxylic acids is 1. The van der Waals surface area contributed by atoms with Crippen LogP contribution in [0.3, 0.4) is 0 Å². The van der Waals surface area contributed by atoms with Crippen LogP contribution in [0.15, 0.2) is 24.3 Å². The highest BCUT2D eigenvalue weighted by molar-refractivity contribution is 5.96. The minimum absolute atomic E-state index is 0.0253. The number of carboxylic acid groups (broad SMARTS) is 1. The van der Waals surface area contributed by atoms with Crippen molar-refractivity contribution >= 4 is 11.9 Å². The summed E-state index contributed by atoms with van der Waals surface area (Å²) in [6, 6.07) is 6.54. The summed E-state index contributed by atoms with van der Waals surface area (Å²) in [5.41, 5.74) is 0.791. The van der Waals surface area contributed by atoms with Gasteiger partial charge in [-0.15, -0.1) is 0 Å². The number of amides is 1. The summed E-state index contributed by atoms with van der Waals surface area (Å²) in [6.07, 6.45) is 4.32. The fraction of sp³-hybridized carbons (Fsp3) is 0.529.